The topological polar surface area (TPSA) is 87.7 Å². The molecule has 1 aliphatic heterocycles. The van der Waals surface area contributed by atoms with Crippen molar-refractivity contribution >= 4 is 40.9 Å². The molecule has 2 N–H and O–H groups in total. The lowest BCUT2D eigenvalue weighted by Gasteiger charge is -2.12. The predicted molar refractivity (Wildman–Crippen MR) is 124 cm³/mol. The van der Waals surface area contributed by atoms with Crippen molar-refractivity contribution in [1.29, 1.82) is 0 Å². The molecule has 1 aliphatic rings. The zero-order valence-electron chi connectivity index (χ0n) is 17.5. The van der Waals surface area contributed by atoms with Gasteiger partial charge in [-0.3, -0.25) is 9.59 Å². The van der Waals surface area contributed by atoms with Gasteiger partial charge in [0.25, 0.3) is 5.91 Å². The van der Waals surface area contributed by atoms with Crippen molar-refractivity contribution in [1.82, 2.24) is 10.2 Å². The highest BCUT2D eigenvalue weighted by Crippen LogP contribution is 2.30. The van der Waals surface area contributed by atoms with Crippen LogP contribution in [0.2, 0.25) is 0 Å². The number of carbonyl (C=O) groups is 3. The van der Waals surface area contributed by atoms with E-state index in [2.05, 4.69) is 10.6 Å². The van der Waals surface area contributed by atoms with Crippen molar-refractivity contribution in [3.05, 3.63) is 76.8 Å². The van der Waals surface area contributed by atoms with Crippen LogP contribution in [0.25, 0.3) is 16.5 Å². The number of imide groups is 1. The average Bonchev–Trinajstić information content (AvgIpc) is 3.35. The Labute approximate surface area is 189 Å². The van der Waals surface area contributed by atoms with Crippen molar-refractivity contribution in [2.24, 2.45) is 0 Å². The van der Waals surface area contributed by atoms with Gasteiger partial charge in [-0.15, -0.1) is 11.3 Å². The largest absolute Gasteiger partial charge is 0.497 e. The summed E-state index contributed by atoms with van der Waals surface area (Å²) in [5.41, 5.74) is 2.96. The van der Waals surface area contributed by atoms with E-state index in [0.29, 0.717) is 11.4 Å². The minimum atomic E-state index is -0.624. The summed E-state index contributed by atoms with van der Waals surface area (Å²) in [6.45, 7) is 1.65. The summed E-state index contributed by atoms with van der Waals surface area (Å²) in [5.74, 6) is -0.353. The lowest BCUT2D eigenvalue weighted by molar-refractivity contribution is -0.127. The molecule has 0 atom stereocenters. The first kappa shape index (κ1) is 21.3. The van der Waals surface area contributed by atoms with Crippen molar-refractivity contribution < 1.29 is 19.1 Å². The normalized spacial score (nSPS) is 14.6. The van der Waals surface area contributed by atoms with E-state index in [-0.39, 0.29) is 12.2 Å². The molecule has 0 bridgehead atoms. The highest BCUT2D eigenvalue weighted by molar-refractivity contribution is 7.16. The molecule has 2 heterocycles. The third kappa shape index (κ3) is 4.70. The van der Waals surface area contributed by atoms with Gasteiger partial charge in [0, 0.05) is 15.4 Å². The first-order chi connectivity index (χ1) is 15.4. The van der Waals surface area contributed by atoms with E-state index in [1.165, 1.54) is 16.9 Å². The van der Waals surface area contributed by atoms with Gasteiger partial charge < -0.3 is 15.4 Å². The number of carbonyl (C=O) groups excluding carboxylic acids is 3. The van der Waals surface area contributed by atoms with Gasteiger partial charge in [0.15, 0.2) is 0 Å². The Balaban J connectivity index is 1.42. The third-order valence-electron chi connectivity index (χ3n) is 4.89. The van der Waals surface area contributed by atoms with Crippen LogP contribution in [-0.2, 0) is 9.59 Å². The molecule has 32 heavy (non-hydrogen) atoms. The summed E-state index contributed by atoms with van der Waals surface area (Å²) in [5, 5.41) is 5.22. The van der Waals surface area contributed by atoms with Gasteiger partial charge in [-0.05, 0) is 55.0 Å². The fourth-order valence-electron chi connectivity index (χ4n) is 3.18. The molecule has 162 valence electrons. The highest BCUT2D eigenvalue weighted by Gasteiger charge is 2.35. The summed E-state index contributed by atoms with van der Waals surface area (Å²) >= 11 is 1.51. The molecular weight excluding hydrogens is 426 g/mol. The van der Waals surface area contributed by atoms with E-state index in [1.807, 2.05) is 43.3 Å². The number of urea groups is 1. The van der Waals surface area contributed by atoms with Crippen LogP contribution in [0.4, 0.5) is 10.5 Å². The Morgan fingerprint density at radius 2 is 1.78 bits per heavy atom. The Morgan fingerprint density at radius 1 is 1.06 bits per heavy atom. The van der Waals surface area contributed by atoms with E-state index in [9.17, 15) is 14.4 Å². The first-order valence-corrected chi connectivity index (χ1v) is 10.7. The maximum Gasteiger partial charge on any atom is 0.329 e. The molecule has 1 fully saturated rings. The molecule has 1 aromatic heterocycles. The number of thiophene rings is 1. The molecule has 0 saturated carbocycles. The zero-order chi connectivity index (χ0) is 22.7. The number of rotatable bonds is 6. The van der Waals surface area contributed by atoms with Crippen LogP contribution >= 0.6 is 11.3 Å². The molecule has 8 heteroatoms. The molecule has 2 aromatic carbocycles. The second-order valence-electron chi connectivity index (χ2n) is 7.22. The minimum absolute atomic E-state index is 0.143. The Bertz CT molecular complexity index is 1200. The molecule has 1 saturated heterocycles. The van der Waals surface area contributed by atoms with Crippen LogP contribution in [0.15, 0.2) is 66.4 Å². The molecular formula is C24H21N3O4S. The van der Waals surface area contributed by atoms with Crippen LogP contribution in [0.5, 0.6) is 5.75 Å². The van der Waals surface area contributed by atoms with Gasteiger partial charge in [0.1, 0.15) is 18.0 Å². The second kappa shape index (κ2) is 9.07. The van der Waals surface area contributed by atoms with Crippen LogP contribution < -0.4 is 15.4 Å². The van der Waals surface area contributed by atoms with Crippen LogP contribution in [0.1, 0.15) is 10.4 Å². The molecule has 7 nitrogen and oxygen atoms in total. The van der Waals surface area contributed by atoms with Crippen LogP contribution in [-0.4, -0.2) is 36.4 Å². The number of benzene rings is 2. The van der Waals surface area contributed by atoms with Crippen LogP contribution in [0.3, 0.4) is 0 Å². The monoisotopic (exact) mass is 447 g/mol. The third-order valence-corrected chi connectivity index (χ3v) is 5.97. The Kier molecular flexibility index (Phi) is 6.04. The quantitative estimate of drug-likeness (QED) is 0.437. The number of nitrogens with one attached hydrogen (secondary N) is 2. The van der Waals surface area contributed by atoms with Gasteiger partial charge in [-0.2, -0.15) is 0 Å². The second-order valence-corrected chi connectivity index (χ2v) is 8.34. The minimum Gasteiger partial charge on any atom is -0.497 e. The Morgan fingerprint density at radius 3 is 2.47 bits per heavy atom. The summed E-state index contributed by atoms with van der Waals surface area (Å²) in [6, 6.07) is 18.2. The number of aryl methyl sites for hydroxylation is 1. The highest BCUT2D eigenvalue weighted by atomic mass is 32.1. The van der Waals surface area contributed by atoms with Gasteiger partial charge in [0.05, 0.1) is 7.11 Å². The summed E-state index contributed by atoms with van der Waals surface area (Å²) in [4.78, 5) is 40.1. The van der Waals surface area contributed by atoms with Gasteiger partial charge >= 0.3 is 6.03 Å². The standard InChI is InChI=1S/C24H21N3O4S/c1-15-3-5-16(6-4-15)21-12-11-19(32-21)13-20-23(29)27(24(30)26-20)14-22(28)25-17-7-9-18(31-2)10-8-17/h3-13H,14H2,1-2H3,(H,25,28)(H,26,30)/b20-13-. The summed E-state index contributed by atoms with van der Waals surface area (Å²) in [7, 11) is 1.55. The smallest absolute Gasteiger partial charge is 0.329 e. The van der Waals surface area contributed by atoms with E-state index in [0.717, 1.165) is 20.2 Å². The maximum atomic E-state index is 12.7. The molecule has 0 unspecified atom stereocenters. The van der Waals surface area contributed by atoms with Crippen molar-refractivity contribution in [2.75, 3.05) is 19.0 Å². The summed E-state index contributed by atoms with van der Waals surface area (Å²) < 4.78 is 5.08. The molecule has 4 rings (SSSR count). The number of nitrogens with zero attached hydrogens (tertiary/aromatic N) is 1. The van der Waals surface area contributed by atoms with E-state index in [1.54, 1.807) is 37.5 Å². The SMILES string of the molecule is COc1ccc(NC(=O)CN2C(=O)N/C(=C\c3ccc(-c4ccc(C)cc4)s3)C2=O)cc1. The molecule has 0 aliphatic carbocycles. The predicted octanol–water partition coefficient (Wildman–Crippen LogP) is 4.26. The number of hydrogen-bond donors (Lipinski definition) is 2. The number of ether oxygens (including phenoxy) is 1. The molecule has 3 aromatic rings. The first-order valence-electron chi connectivity index (χ1n) is 9.88. The lowest BCUT2D eigenvalue weighted by atomic mass is 10.1. The lowest BCUT2D eigenvalue weighted by Crippen LogP contribution is -2.38. The van der Waals surface area contributed by atoms with Gasteiger partial charge in [-0.1, -0.05) is 29.8 Å². The van der Waals surface area contributed by atoms with E-state index >= 15 is 0 Å². The van der Waals surface area contributed by atoms with Crippen molar-refractivity contribution in [2.45, 2.75) is 6.92 Å². The zero-order valence-corrected chi connectivity index (χ0v) is 18.4. The average molecular weight is 448 g/mol. The number of hydrogen-bond acceptors (Lipinski definition) is 5. The molecule has 4 amide bonds. The number of anilines is 1. The maximum absolute atomic E-state index is 12.7. The fraction of sp³-hybridized carbons (Fsp3) is 0.125. The van der Waals surface area contributed by atoms with E-state index < -0.39 is 17.8 Å². The fourth-order valence-corrected chi connectivity index (χ4v) is 4.14. The van der Waals surface area contributed by atoms with Crippen molar-refractivity contribution in [3.8, 4) is 16.2 Å². The van der Waals surface area contributed by atoms with Gasteiger partial charge in [-0.25, -0.2) is 9.69 Å². The van der Waals surface area contributed by atoms with Crippen molar-refractivity contribution in [3.63, 3.8) is 0 Å². The van der Waals surface area contributed by atoms with Crippen LogP contribution in [0, 0.1) is 6.92 Å². The molecule has 0 spiro atoms. The number of amides is 4. The van der Waals surface area contributed by atoms with E-state index in [4.69, 9.17) is 4.74 Å². The summed E-state index contributed by atoms with van der Waals surface area (Å²) in [6.07, 6.45) is 1.63. The van der Waals surface area contributed by atoms with Gasteiger partial charge in [0.2, 0.25) is 5.91 Å². The number of methoxy groups -OCH3 is 1. The Hall–Kier alpha value is -3.91. The molecule has 0 radical (unpaired) electrons.